The molecule has 0 aromatic heterocycles. The van der Waals surface area contributed by atoms with Crippen molar-refractivity contribution in [2.45, 2.75) is 70.9 Å². The average molecular weight is 280 g/mol. The zero-order valence-electron chi connectivity index (χ0n) is 12.9. The maximum atomic E-state index is 12.3. The fourth-order valence-corrected chi connectivity index (χ4v) is 3.41. The van der Waals surface area contributed by atoms with E-state index in [-0.39, 0.29) is 5.91 Å². The van der Waals surface area contributed by atoms with Crippen molar-refractivity contribution in [2.24, 2.45) is 5.92 Å². The number of piperidine rings is 1. The van der Waals surface area contributed by atoms with Crippen LogP contribution in [0, 0.1) is 12.3 Å². The molecule has 0 N–H and O–H groups in total. The van der Waals surface area contributed by atoms with Crippen molar-refractivity contribution in [1.82, 2.24) is 4.90 Å². The molecule has 1 heterocycles. The van der Waals surface area contributed by atoms with Crippen molar-refractivity contribution in [3.05, 3.63) is 6.42 Å². The molecule has 20 heavy (non-hydrogen) atoms. The second-order valence-electron chi connectivity index (χ2n) is 6.96. The van der Waals surface area contributed by atoms with E-state index < -0.39 is 11.6 Å². The Kier molecular flexibility index (Phi) is 4.71. The van der Waals surface area contributed by atoms with Gasteiger partial charge in [-0.15, -0.1) is 0 Å². The largest absolute Gasteiger partial charge is 0.459 e. The smallest absolute Gasteiger partial charge is 0.320 e. The normalized spacial score (nSPS) is 26.9. The lowest BCUT2D eigenvalue weighted by molar-refractivity contribution is -0.153. The lowest BCUT2D eigenvalue weighted by Crippen LogP contribution is -2.50. The summed E-state index contributed by atoms with van der Waals surface area (Å²) in [5, 5.41) is 0. The number of likely N-dealkylation sites (tertiary alicyclic amines) is 1. The van der Waals surface area contributed by atoms with Crippen molar-refractivity contribution in [2.75, 3.05) is 6.54 Å². The van der Waals surface area contributed by atoms with Gasteiger partial charge in [-0.3, -0.25) is 9.59 Å². The predicted molar refractivity (Wildman–Crippen MR) is 76.8 cm³/mol. The highest BCUT2D eigenvalue weighted by Crippen LogP contribution is 2.35. The summed E-state index contributed by atoms with van der Waals surface area (Å²) in [4.78, 5) is 26.0. The van der Waals surface area contributed by atoms with E-state index in [0.29, 0.717) is 12.0 Å². The zero-order chi connectivity index (χ0) is 14.8. The summed E-state index contributed by atoms with van der Waals surface area (Å²) in [7, 11) is 0. The minimum Gasteiger partial charge on any atom is -0.459 e. The summed E-state index contributed by atoms with van der Waals surface area (Å²) in [5.74, 6) is -0.0650. The van der Waals surface area contributed by atoms with Crippen LogP contribution in [0.3, 0.4) is 0 Å². The summed E-state index contributed by atoms with van der Waals surface area (Å²) < 4.78 is 5.19. The third-order valence-electron chi connectivity index (χ3n) is 4.17. The van der Waals surface area contributed by atoms with E-state index in [9.17, 15) is 9.59 Å². The molecule has 1 amide bonds. The Balaban J connectivity index is 1.92. The van der Waals surface area contributed by atoms with Gasteiger partial charge in [0.15, 0.2) is 6.42 Å². The van der Waals surface area contributed by atoms with Crippen molar-refractivity contribution < 1.29 is 14.3 Å². The highest BCUT2D eigenvalue weighted by molar-refractivity contribution is 6.06. The Hall–Kier alpha value is -1.06. The van der Waals surface area contributed by atoms with Crippen molar-refractivity contribution in [3.8, 4) is 0 Å². The summed E-state index contributed by atoms with van der Waals surface area (Å²) in [6.45, 7) is 6.20. The number of hydrogen-bond acceptors (Lipinski definition) is 3. The number of amides is 1. The van der Waals surface area contributed by atoms with Crippen LogP contribution in [-0.2, 0) is 14.3 Å². The predicted octanol–water partition coefficient (Wildman–Crippen LogP) is 2.71. The van der Waals surface area contributed by atoms with Crippen molar-refractivity contribution in [1.29, 1.82) is 0 Å². The molecule has 4 heteroatoms. The molecule has 1 aliphatic carbocycles. The Morgan fingerprint density at radius 3 is 2.45 bits per heavy atom. The molecule has 2 fully saturated rings. The summed E-state index contributed by atoms with van der Waals surface area (Å²) in [6, 6.07) is 0.337. The number of carbonyl (C=O) groups is 2. The monoisotopic (exact) mass is 280 g/mol. The van der Waals surface area contributed by atoms with Crippen LogP contribution >= 0.6 is 0 Å². The number of carbonyl (C=O) groups excluding carboxylic acids is 2. The number of hydrogen-bond donors (Lipinski definition) is 0. The van der Waals surface area contributed by atoms with Gasteiger partial charge >= 0.3 is 5.97 Å². The van der Waals surface area contributed by atoms with Gasteiger partial charge in [0.2, 0.25) is 5.91 Å². The van der Waals surface area contributed by atoms with Gasteiger partial charge in [-0.2, -0.15) is 0 Å². The third-order valence-corrected chi connectivity index (χ3v) is 4.17. The highest BCUT2D eigenvalue weighted by atomic mass is 16.6. The molecule has 1 aliphatic heterocycles. The van der Waals surface area contributed by atoms with Gasteiger partial charge in [0, 0.05) is 12.6 Å². The van der Waals surface area contributed by atoms with Crippen molar-refractivity contribution >= 4 is 11.9 Å². The Morgan fingerprint density at radius 1 is 1.10 bits per heavy atom. The Bertz CT molecular complexity index is 370. The van der Waals surface area contributed by atoms with E-state index in [1.165, 1.54) is 25.7 Å². The standard InChI is InChI=1S/C16H26NO3/c1-16(2,3)20-15(19)11-14(18)17-10-6-8-12-7-4-5-9-13(12)17/h11-13H,4-10H2,1-3H3. The quantitative estimate of drug-likeness (QED) is 0.577. The van der Waals surface area contributed by atoms with Crippen LogP contribution < -0.4 is 0 Å². The van der Waals surface area contributed by atoms with E-state index in [1.54, 1.807) is 20.8 Å². The van der Waals surface area contributed by atoms with E-state index in [2.05, 4.69) is 0 Å². The lowest BCUT2D eigenvalue weighted by atomic mass is 9.78. The van der Waals surface area contributed by atoms with Gasteiger partial charge in [-0.25, -0.2) is 0 Å². The van der Waals surface area contributed by atoms with Gasteiger partial charge < -0.3 is 9.64 Å². The number of nitrogens with zero attached hydrogens (tertiary/aromatic N) is 1. The topological polar surface area (TPSA) is 46.6 Å². The van der Waals surface area contributed by atoms with Gasteiger partial charge in [0.25, 0.3) is 0 Å². The lowest BCUT2D eigenvalue weighted by Gasteiger charge is -2.44. The van der Waals surface area contributed by atoms with Crippen LogP contribution in [0.5, 0.6) is 0 Å². The molecule has 0 spiro atoms. The zero-order valence-corrected chi connectivity index (χ0v) is 12.9. The van der Waals surface area contributed by atoms with Crippen LogP contribution in [0.25, 0.3) is 0 Å². The second-order valence-corrected chi connectivity index (χ2v) is 6.96. The highest BCUT2D eigenvalue weighted by Gasteiger charge is 2.36. The fraction of sp³-hybridized carbons (Fsp3) is 0.812. The number of ether oxygens (including phenoxy) is 1. The maximum absolute atomic E-state index is 12.3. The van der Waals surface area contributed by atoms with Crippen LogP contribution in [0.15, 0.2) is 0 Å². The van der Waals surface area contributed by atoms with Crippen LogP contribution in [0.1, 0.15) is 59.3 Å². The summed E-state index contributed by atoms with van der Waals surface area (Å²) >= 11 is 0. The average Bonchev–Trinajstić information content (AvgIpc) is 2.35. The molecule has 2 atom stereocenters. The molecule has 0 bridgehead atoms. The Labute approximate surface area is 121 Å². The summed E-state index contributed by atoms with van der Waals surface area (Å²) in [6.07, 6.45) is 8.17. The molecule has 0 aromatic carbocycles. The second kappa shape index (κ2) is 6.15. The molecule has 1 saturated heterocycles. The molecular formula is C16H26NO3. The molecule has 1 radical (unpaired) electrons. The molecular weight excluding hydrogens is 254 g/mol. The SMILES string of the molecule is CC(C)(C)OC(=O)[CH]C(=O)N1CCCC2CCCCC21. The summed E-state index contributed by atoms with van der Waals surface area (Å²) in [5.41, 5.74) is -0.552. The maximum Gasteiger partial charge on any atom is 0.320 e. The first-order chi connectivity index (χ1) is 9.37. The minimum atomic E-state index is -0.552. The molecule has 2 rings (SSSR count). The first-order valence-electron chi connectivity index (χ1n) is 7.75. The molecule has 4 nitrogen and oxygen atoms in total. The van der Waals surface area contributed by atoms with Gasteiger partial charge in [0.05, 0.1) is 0 Å². The van der Waals surface area contributed by atoms with E-state index in [4.69, 9.17) is 4.74 Å². The van der Waals surface area contributed by atoms with Crippen molar-refractivity contribution in [3.63, 3.8) is 0 Å². The number of rotatable bonds is 2. The van der Waals surface area contributed by atoms with Crippen LogP contribution in [-0.4, -0.2) is 35.0 Å². The van der Waals surface area contributed by atoms with Gasteiger partial charge in [0.1, 0.15) is 5.60 Å². The Morgan fingerprint density at radius 2 is 1.75 bits per heavy atom. The molecule has 2 unspecified atom stereocenters. The third kappa shape index (κ3) is 3.97. The van der Waals surface area contributed by atoms with E-state index in [0.717, 1.165) is 25.8 Å². The first-order valence-corrected chi connectivity index (χ1v) is 7.75. The van der Waals surface area contributed by atoms with Crippen LogP contribution in [0.2, 0.25) is 0 Å². The number of fused-ring (bicyclic) bond motifs is 1. The van der Waals surface area contributed by atoms with Gasteiger partial charge in [-0.05, 0) is 52.4 Å². The molecule has 0 aromatic rings. The van der Waals surface area contributed by atoms with E-state index >= 15 is 0 Å². The first kappa shape index (κ1) is 15.3. The minimum absolute atomic E-state index is 0.171. The number of esters is 1. The fourth-order valence-electron chi connectivity index (χ4n) is 3.41. The molecule has 2 aliphatic rings. The van der Waals surface area contributed by atoms with Crippen LogP contribution in [0.4, 0.5) is 0 Å². The molecule has 113 valence electrons. The van der Waals surface area contributed by atoms with E-state index in [1.807, 2.05) is 4.90 Å². The van der Waals surface area contributed by atoms with Gasteiger partial charge in [-0.1, -0.05) is 12.8 Å². The molecule has 1 saturated carbocycles.